The molecule has 9 heteroatoms. The number of aliphatic hydroxyl groups excluding tert-OH is 2. The number of aryl methyl sites for hydroxylation is 1. The Bertz CT molecular complexity index is 1090. The van der Waals surface area contributed by atoms with Crippen LogP contribution < -0.4 is 5.32 Å². The van der Waals surface area contributed by atoms with Crippen molar-refractivity contribution in [3.8, 4) is 6.07 Å². The monoisotopic (exact) mass is 515 g/mol. The van der Waals surface area contributed by atoms with E-state index in [4.69, 9.17) is 5.26 Å². The van der Waals surface area contributed by atoms with Crippen LogP contribution >= 0.6 is 0 Å². The highest BCUT2D eigenvalue weighted by Crippen LogP contribution is 2.17. The highest BCUT2D eigenvalue weighted by Gasteiger charge is 2.29. The van der Waals surface area contributed by atoms with Gasteiger partial charge in [0, 0.05) is 36.7 Å². The zero-order valence-electron chi connectivity index (χ0n) is 21.5. The summed E-state index contributed by atoms with van der Waals surface area (Å²) in [7, 11) is 0. The minimum Gasteiger partial charge on any atom is -0.390 e. The number of nitrogens with one attached hydrogen (secondary N) is 1. The Hall–Kier alpha value is -3.35. The fourth-order valence-electron chi connectivity index (χ4n) is 4.22. The Morgan fingerprint density at radius 1 is 1.00 bits per heavy atom. The first-order valence-electron chi connectivity index (χ1n) is 12.5. The largest absolute Gasteiger partial charge is 0.390 e. The molecule has 2 amide bonds. The maximum absolute atomic E-state index is 13.8. The molecule has 0 aliphatic rings. The molecule has 0 saturated heterocycles. The molecule has 0 fully saturated rings. The molecule has 0 heterocycles. The molecule has 0 aliphatic carbocycles. The van der Waals surface area contributed by atoms with Gasteiger partial charge in [-0.25, -0.2) is 8.78 Å². The topological polar surface area (TPSA) is 114 Å². The summed E-state index contributed by atoms with van der Waals surface area (Å²) in [5.74, 6) is -2.45. The Labute approximate surface area is 216 Å². The normalized spacial score (nSPS) is 13.4. The molecule has 2 rings (SSSR count). The van der Waals surface area contributed by atoms with Crippen molar-refractivity contribution in [1.82, 2.24) is 10.2 Å². The van der Waals surface area contributed by atoms with Gasteiger partial charge in [-0.3, -0.25) is 9.59 Å². The summed E-state index contributed by atoms with van der Waals surface area (Å²) in [6.07, 6.45) is -1.53. The molecule has 0 bridgehead atoms. The number of nitriles is 1. The average Bonchev–Trinajstić information content (AvgIpc) is 2.84. The second-order valence-corrected chi connectivity index (χ2v) is 9.20. The van der Waals surface area contributed by atoms with Crippen LogP contribution in [-0.2, 0) is 6.42 Å². The molecule has 0 aromatic heterocycles. The van der Waals surface area contributed by atoms with E-state index in [1.54, 1.807) is 24.0 Å². The summed E-state index contributed by atoms with van der Waals surface area (Å²) in [6.45, 7) is 6.88. The Kier molecular flexibility index (Phi) is 11.6. The summed E-state index contributed by atoms with van der Waals surface area (Å²) in [4.78, 5) is 28.1. The minimum atomic E-state index is -1.51. The molecule has 7 nitrogen and oxygen atoms in total. The van der Waals surface area contributed by atoms with Gasteiger partial charge in [-0.2, -0.15) is 5.26 Å². The molecule has 200 valence electrons. The SMILES string of the molecule is CCCN(CCC)C(=O)c1cc(C)cc(C(=O)NC(Cc2cc(F)cc(F)c2)C(O)C(O)CCC#N)c1. The van der Waals surface area contributed by atoms with E-state index in [2.05, 4.69) is 5.32 Å². The maximum atomic E-state index is 13.8. The van der Waals surface area contributed by atoms with Gasteiger partial charge in [0.15, 0.2) is 0 Å². The van der Waals surface area contributed by atoms with Gasteiger partial charge in [0.05, 0.1) is 18.2 Å². The fraction of sp³-hybridized carbons (Fsp3) is 0.464. The predicted octanol–water partition coefficient (Wildman–Crippen LogP) is 3.90. The first kappa shape index (κ1) is 29.9. The number of halogens is 2. The molecule has 0 saturated carbocycles. The van der Waals surface area contributed by atoms with Crippen molar-refractivity contribution in [3.63, 3.8) is 0 Å². The lowest BCUT2D eigenvalue weighted by molar-refractivity contribution is -0.00644. The Morgan fingerprint density at radius 3 is 2.16 bits per heavy atom. The van der Waals surface area contributed by atoms with Gasteiger partial charge in [-0.15, -0.1) is 0 Å². The predicted molar refractivity (Wildman–Crippen MR) is 136 cm³/mol. The van der Waals surface area contributed by atoms with E-state index in [9.17, 15) is 28.6 Å². The number of carbonyl (C=O) groups excluding carboxylic acids is 2. The number of carbonyl (C=O) groups is 2. The molecule has 2 aromatic rings. The maximum Gasteiger partial charge on any atom is 0.253 e. The van der Waals surface area contributed by atoms with E-state index in [1.807, 2.05) is 19.9 Å². The van der Waals surface area contributed by atoms with E-state index in [0.29, 0.717) is 30.3 Å². The van der Waals surface area contributed by atoms with Crippen molar-refractivity contribution in [2.45, 2.75) is 71.1 Å². The lowest BCUT2D eigenvalue weighted by atomic mass is 9.95. The summed E-state index contributed by atoms with van der Waals surface area (Å²) < 4.78 is 27.5. The van der Waals surface area contributed by atoms with Crippen LogP contribution in [0.25, 0.3) is 0 Å². The van der Waals surface area contributed by atoms with Crippen LogP contribution in [0.2, 0.25) is 0 Å². The third kappa shape index (κ3) is 8.92. The number of benzene rings is 2. The van der Waals surface area contributed by atoms with Gasteiger partial charge in [-0.05, 0) is 74.1 Å². The first-order valence-corrected chi connectivity index (χ1v) is 12.5. The van der Waals surface area contributed by atoms with E-state index in [-0.39, 0.29) is 36.3 Å². The van der Waals surface area contributed by atoms with E-state index >= 15 is 0 Å². The molecule has 2 aromatic carbocycles. The summed E-state index contributed by atoms with van der Waals surface area (Å²) in [5.41, 5.74) is 1.38. The van der Waals surface area contributed by atoms with Crippen LogP contribution in [0, 0.1) is 29.9 Å². The molecule has 0 aliphatic heterocycles. The minimum absolute atomic E-state index is 0.0249. The van der Waals surface area contributed by atoms with E-state index in [0.717, 1.165) is 25.0 Å². The molecule has 0 spiro atoms. The molecular formula is C28H35F2N3O4. The van der Waals surface area contributed by atoms with Crippen LogP contribution in [-0.4, -0.2) is 58.3 Å². The average molecular weight is 516 g/mol. The number of aliphatic hydroxyl groups is 2. The molecule has 3 N–H and O–H groups in total. The van der Waals surface area contributed by atoms with Crippen molar-refractivity contribution in [3.05, 3.63) is 70.3 Å². The van der Waals surface area contributed by atoms with Crippen molar-refractivity contribution < 1.29 is 28.6 Å². The summed E-state index contributed by atoms with van der Waals surface area (Å²) >= 11 is 0. The third-order valence-corrected chi connectivity index (χ3v) is 5.91. The molecule has 37 heavy (non-hydrogen) atoms. The zero-order chi connectivity index (χ0) is 27.5. The van der Waals surface area contributed by atoms with Gasteiger partial charge in [0.1, 0.15) is 17.7 Å². The van der Waals surface area contributed by atoms with Gasteiger partial charge in [0.2, 0.25) is 0 Å². The second-order valence-electron chi connectivity index (χ2n) is 9.20. The number of nitrogens with zero attached hydrogens (tertiary/aromatic N) is 2. The fourth-order valence-corrected chi connectivity index (χ4v) is 4.22. The standard InChI is InChI=1S/C28H35F2N3O4/c1-4-9-33(10-5-2)28(37)21-12-18(3)11-20(16-21)27(36)32-24(26(35)25(34)7-6-8-31)15-19-13-22(29)17-23(30)14-19/h11-14,16-17,24-26,34-35H,4-7,9-10,15H2,1-3H3,(H,32,36). The molecular weight excluding hydrogens is 480 g/mol. The van der Waals surface area contributed by atoms with Gasteiger partial charge >= 0.3 is 0 Å². The smallest absolute Gasteiger partial charge is 0.253 e. The highest BCUT2D eigenvalue weighted by atomic mass is 19.1. The molecule has 3 atom stereocenters. The quantitative estimate of drug-likeness (QED) is 0.374. The number of hydrogen-bond donors (Lipinski definition) is 3. The molecule has 3 unspecified atom stereocenters. The van der Waals surface area contributed by atoms with Crippen molar-refractivity contribution in [2.24, 2.45) is 0 Å². The number of rotatable bonds is 13. The van der Waals surface area contributed by atoms with Crippen molar-refractivity contribution >= 4 is 11.8 Å². The van der Waals surface area contributed by atoms with Gasteiger partial charge < -0.3 is 20.4 Å². The van der Waals surface area contributed by atoms with Crippen LogP contribution in [0.15, 0.2) is 36.4 Å². The zero-order valence-corrected chi connectivity index (χ0v) is 21.5. The lowest BCUT2D eigenvalue weighted by Crippen LogP contribution is -2.49. The van der Waals surface area contributed by atoms with E-state index in [1.165, 1.54) is 6.07 Å². The second kappa shape index (κ2) is 14.4. The summed E-state index contributed by atoms with van der Waals surface area (Å²) in [6, 6.07) is 8.38. The summed E-state index contributed by atoms with van der Waals surface area (Å²) in [5, 5.41) is 32.6. The highest BCUT2D eigenvalue weighted by molar-refractivity contribution is 6.00. The first-order chi connectivity index (χ1) is 17.6. The third-order valence-electron chi connectivity index (χ3n) is 5.91. The van der Waals surface area contributed by atoms with Crippen molar-refractivity contribution in [1.29, 1.82) is 5.26 Å². The van der Waals surface area contributed by atoms with Gasteiger partial charge in [0.25, 0.3) is 11.8 Å². The molecule has 0 radical (unpaired) electrons. The van der Waals surface area contributed by atoms with Crippen LogP contribution in [0.1, 0.15) is 71.4 Å². The van der Waals surface area contributed by atoms with Gasteiger partial charge in [-0.1, -0.05) is 13.8 Å². The Morgan fingerprint density at radius 2 is 1.59 bits per heavy atom. The lowest BCUT2D eigenvalue weighted by Gasteiger charge is -2.28. The van der Waals surface area contributed by atoms with Crippen LogP contribution in [0.4, 0.5) is 8.78 Å². The van der Waals surface area contributed by atoms with Crippen LogP contribution in [0.5, 0.6) is 0 Å². The van der Waals surface area contributed by atoms with E-state index < -0.39 is 35.8 Å². The Balaban J connectivity index is 2.35. The van der Waals surface area contributed by atoms with Crippen molar-refractivity contribution in [2.75, 3.05) is 13.1 Å². The van der Waals surface area contributed by atoms with Crippen LogP contribution in [0.3, 0.4) is 0 Å². The number of hydrogen-bond acceptors (Lipinski definition) is 5. The number of amides is 2.